The molecule has 1 N–H and O–H groups in total. The molecule has 2 atom stereocenters. The molecule has 1 fully saturated rings. The number of hydrogen-bond donors (Lipinski definition) is 1. The number of nitrogens with one attached hydrogen (secondary N) is 1. The van der Waals surface area contributed by atoms with E-state index in [0.717, 1.165) is 37.1 Å². The largest absolute Gasteiger partial charge is 0.372 e. The molecule has 0 bridgehead atoms. The minimum atomic E-state index is -0.203. The smallest absolute Gasteiger partial charge is 0.144 e. The molecular formula is C16H25FN2O. The highest BCUT2D eigenvalue weighted by Gasteiger charge is 2.21. The van der Waals surface area contributed by atoms with Gasteiger partial charge < -0.3 is 10.1 Å². The van der Waals surface area contributed by atoms with Crippen molar-refractivity contribution in [3.05, 3.63) is 42.5 Å². The number of halogens is 1. The summed E-state index contributed by atoms with van der Waals surface area (Å²) in [7, 11) is 0. The third-order valence-electron chi connectivity index (χ3n) is 3.52. The van der Waals surface area contributed by atoms with E-state index in [0.29, 0.717) is 12.5 Å². The summed E-state index contributed by atoms with van der Waals surface area (Å²) < 4.78 is 19.6. The molecule has 1 aromatic rings. The molecule has 1 saturated heterocycles. The Bertz CT molecular complexity index is 391. The fourth-order valence-corrected chi connectivity index (χ4v) is 2.36. The lowest BCUT2D eigenvalue weighted by Crippen LogP contribution is -2.44. The first kappa shape index (κ1) is 16.8. The van der Waals surface area contributed by atoms with Crippen LogP contribution in [0.5, 0.6) is 0 Å². The molecule has 0 saturated carbocycles. The molecule has 3 nitrogen and oxygen atoms in total. The lowest BCUT2D eigenvalue weighted by molar-refractivity contribution is -0.0415. The Kier molecular flexibility index (Phi) is 7.41. The summed E-state index contributed by atoms with van der Waals surface area (Å²) in [5.74, 6) is -0.203. The maximum atomic E-state index is 13.6. The van der Waals surface area contributed by atoms with Gasteiger partial charge in [-0.15, -0.1) is 13.2 Å². The van der Waals surface area contributed by atoms with E-state index >= 15 is 0 Å². The highest BCUT2D eigenvalue weighted by Crippen LogP contribution is 2.17. The summed E-state index contributed by atoms with van der Waals surface area (Å²) in [5.41, 5.74) is 1.69. The van der Waals surface area contributed by atoms with Gasteiger partial charge in [-0.3, -0.25) is 4.98 Å². The van der Waals surface area contributed by atoms with Gasteiger partial charge in [0.1, 0.15) is 5.82 Å². The third kappa shape index (κ3) is 4.69. The van der Waals surface area contributed by atoms with Crippen LogP contribution in [0.15, 0.2) is 25.6 Å². The van der Waals surface area contributed by atoms with Crippen LogP contribution in [0.4, 0.5) is 4.39 Å². The quantitative estimate of drug-likeness (QED) is 0.861. The summed E-state index contributed by atoms with van der Waals surface area (Å²) in [4.78, 5) is 3.85. The predicted octanol–water partition coefficient (Wildman–Crippen LogP) is 3.03. The van der Waals surface area contributed by atoms with Gasteiger partial charge in [0, 0.05) is 19.3 Å². The van der Waals surface area contributed by atoms with Crippen LogP contribution in [0.25, 0.3) is 0 Å². The van der Waals surface area contributed by atoms with E-state index in [4.69, 9.17) is 4.74 Å². The normalized spacial score (nSPS) is 21.9. The van der Waals surface area contributed by atoms with Gasteiger partial charge in [0.2, 0.25) is 0 Å². The van der Waals surface area contributed by atoms with Crippen molar-refractivity contribution in [2.75, 3.05) is 13.1 Å². The molecule has 1 aromatic heterocycles. The van der Waals surface area contributed by atoms with Gasteiger partial charge in [0.05, 0.1) is 18.4 Å². The van der Waals surface area contributed by atoms with Gasteiger partial charge in [-0.25, -0.2) is 4.39 Å². The van der Waals surface area contributed by atoms with E-state index in [2.05, 4.69) is 30.4 Å². The second kappa shape index (κ2) is 8.82. The van der Waals surface area contributed by atoms with Crippen molar-refractivity contribution in [1.29, 1.82) is 0 Å². The van der Waals surface area contributed by atoms with Crippen LogP contribution in [0, 0.1) is 12.7 Å². The van der Waals surface area contributed by atoms with Crippen molar-refractivity contribution in [3.8, 4) is 0 Å². The number of aryl methyl sites for hydroxylation is 1. The first-order chi connectivity index (χ1) is 9.70. The third-order valence-corrected chi connectivity index (χ3v) is 3.52. The number of hydrogen-bond acceptors (Lipinski definition) is 3. The topological polar surface area (TPSA) is 34.2 Å². The summed E-state index contributed by atoms with van der Waals surface area (Å²) in [6.07, 6.45) is 6.08. The second-order valence-electron chi connectivity index (χ2n) is 4.90. The zero-order chi connectivity index (χ0) is 15.0. The molecular weight excluding hydrogens is 255 g/mol. The molecule has 112 valence electrons. The van der Waals surface area contributed by atoms with Crippen molar-refractivity contribution in [1.82, 2.24) is 10.3 Å². The predicted molar refractivity (Wildman–Crippen MR) is 80.3 cm³/mol. The highest BCUT2D eigenvalue weighted by atomic mass is 19.1. The van der Waals surface area contributed by atoms with Crippen molar-refractivity contribution in [2.24, 2.45) is 0 Å². The molecule has 4 heteroatoms. The molecule has 0 unspecified atom stereocenters. The van der Waals surface area contributed by atoms with E-state index in [9.17, 15) is 4.39 Å². The Morgan fingerprint density at radius 1 is 1.35 bits per heavy atom. The molecule has 20 heavy (non-hydrogen) atoms. The van der Waals surface area contributed by atoms with Gasteiger partial charge in [-0.2, -0.15) is 0 Å². The number of ether oxygens (including phenoxy) is 1. The van der Waals surface area contributed by atoms with Crippen molar-refractivity contribution in [2.45, 2.75) is 45.3 Å². The monoisotopic (exact) mass is 280 g/mol. The van der Waals surface area contributed by atoms with E-state index < -0.39 is 0 Å². The maximum absolute atomic E-state index is 13.6. The Labute approximate surface area is 121 Å². The molecule has 1 aliphatic rings. The Morgan fingerprint density at radius 3 is 2.70 bits per heavy atom. The minimum Gasteiger partial charge on any atom is -0.372 e. The first-order valence-electron chi connectivity index (χ1n) is 7.15. The number of pyridine rings is 1. The van der Waals surface area contributed by atoms with E-state index in [1.807, 2.05) is 6.92 Å². The summed E-state index contributed by atoms with van der Waals surface area (Å²) >= 11 is 0. The summed E-state index contributed by atoms with van der Waals surface area (Å²) in [6, 6.07) is 0. The summed E-state index contributed by atoms with van der Waals surface area (Å²) in [5, 5.41) is 3.37. The maximum Gasteiger partial charge on any atom is 0.144 e. The number of morpholine rings is 1. The van der Waals surface area contributed by atoms with Gasteiger partial charge in [0.25, 0.3) is 0 Å². The average molecular weight is 280 g/mol. The second-order valence-corrected chi connectivity index (χ2v) is 4.90. The Hall–Kier alpha value is -1.26. The molecule has 0 aliphatic carbocycles. The van der Waals surface area contributed by atoms with Gasteiger partial charge >= 0.3 is 0 Å². The summed E-state index contributed by atoms with van der Waals surface area (Å²) in [6.45, 7) is 11.8. The molecule has 0 aromatic carbocycles. The Balaban J connectivity index is 0.000000956. The molecule has 0 spiro atoms. The van der Waals surface area contributed by atoms with Crippen molar-refractivity contribution < 1.29 is 9.13 Å². The van der Waals surface area contributed by atoms with Gasteiger partial charge in [-0.05, 0) is 37.3 Å². The number of aromatic nitrogens is 1. The van der Waals surface area contributed by atoms with Crippen molar-refractivity contribution in [3.63, 3.8) is 0 Å². The first-order valence-corrected chi connectivity index (χ1v) is 7.15. The lowest BCUT2D eigenvalue weighted by atomic mass is 10.0. The van der Waals surface area contributed by atoms with Gasteiger partial charge in [0.15, 0.2) is 0 Å². The molecule has 0 radical (unpaired) electrons. The minimum absolute atomic E-state index is 0.190. The SMILES string of the molecule is C=C.CC[C@@H]1CNC[C@@H](CCc2c(C)cncc2F)O1. The zero-order valence-corrected chi connectivity index (χ0v) is 12.5. The average Bonchev–Trinajstić information content (AvgIpc) is 2.49. The molecule has 2 rings (SSSR count). The van der Waals surface area contributed by atoms with Crippen LogP contribution in [-0.2, 0) is 11.2 Å². The standard InChI is InChI=1S/C14H21FN2O.C2H4/c1-3-11-7-17-8-12(18-11)4-5-13-10(2)6-16-9-14(13)15;1-2/h6,9,11-12,17H,3-5,7-8H2,1-2H3;1-2H2/t11-,12-;/m1./s1. The highest BCUT2D eigenvalue weighted by molar-refractivity contribution is 5.23. The van der Waals surface area contributed by atoms with Crippen LogP contribution in [0.2, 0.25) is 0 Å². The molecule has 0 amide bonds. The Morgan fingerprint density at radius 2 is 2.05 bits per heavy atom. The van der Waals surface area contributed by atoms with Crippen LogP contribution in [0.1, 0.15) is 30.9 Å². The van der Waals surface area contributed by atoms with E-state index in [-0.39, 0.29) is 11.9 Å². The van der Waals surface area contributed by atoms with E-state index in [1.54, 1.807) is 6.20 Å². The van der Waals surface area contributed by atoms with Crippen molar-refractivity contribution >= 4 is 0 Å². The van der Waals surface area contributed by atoms with Crippen LogP contribution in [0.3, 0.4) is 0 Å². The fourth-order valence-electron chi connectivity index (χ4n) is 2.36. The zero-order valence-electron chi connectivity index (χ0n) is 12.5. The van der Waals surface area contributed by atoms with E-state index in [1.165, 1.54) is 6.20 Å². The number of rotatable bonds is 4. The van der Waals surface area contributed by atoms with Gasteiger partial charge in [-0.1, -0.05) is 6.92 Å². The van der Waals surface area contributed by atoms with Crippen LogP contribution in [-0.4, -0.2) is 30.3 Å². The van der Waals surface area contributed by atoms with Crippen LogP contribution < -0.4 is 5.32 Å². The molecule has 1 aliphatic heterocycles. The van der Waals surface area contributed by atoms with Crippen LogP contribution >= 0.6 is 0 Å². The number of nitrogens with zero attached hydrogens (tertiary/aromatic N) is 1. The lowest BCUT2D eigenvalue weighted by Gasteiger charge is -2.30. The molecule has 2 heterocycles. The fraction of sp³-hybridized carbons (Fsp3) is 0.562.